The van der Waals surface area contributed by atoms with E-state index in [0.717, 1.165) is 12.8 Å². The smallest absolute Gasteiger partial charge is 0.267 e. The van der Waals surface area contributed by atoms with E-state index >= 15 is 0 Å². The summed E-state index contributed by atoms with van der Waals surface area (Å²) < 4.78 is 0. The molecule has 0 unspecified atom stereocenters. The third-order valence-electron chi connectivity index (χ3n) is 3.53. The summed E-state index contributed by atoms with van der Waals surface area (Å²) in [6.45, 7) is 0. The van der Waals surface area contributed by atoms with Crippen LogP contribution in [0.15, 0.2) is 24.3 Å². The minimum absolute atomic E-state index is 0.0378. The Bertz CT molecular complexity index is 468. The molecule has 0 saturated heterocycles. The van der Waals surface area contributed by atoms with Crippen molar-refractivity contribution in [1.82, 2.24) is 5.43 Å². The topological polar surface area (TPSA) is 84.2 Å². The first-order valence-corrected chi connectivity index (χ1v) is 6.60. The normalized spacial score (nSPS) is 15.2. The molecule has 0 heterocycles. The lowest BCUT2D eigenvalue weighted by atomic mass is 10.0. The highest BCUT2D eigenvalue weighted by Gasteiger charge is 2.19. The third-order valence-corrected chi connectivity index (χ3v) is 3.53. The molecule has 1 aliphatic rings. The van der Waals surface area contributed by atoms with Gasteiger partial charge >= 0.3 is 0 Å². The fourth-order valence-electron chi connectivity index (χ4n) is 2.55. The van der Waals surface area contributed by atoms with Crippen molar-refractivity contribution in [1.29, 1.82) is 0 Å². The molecule has 5 nitrogen and oxygen atoms in total. The van der Waals surface area contributed by atoms with Gasteiger partial charge in [-0.05, 0) is 30.9 Å². The number of carbonyl (C=O) groups is 2. The zero-order chi connectivity index (χ0) is 13.7. The van der Waals surface area contributed by atoms with Gasteiger partial charge < -0.3 is 5.32 Å². The Morgan fingerprint density at radius 3 is 2.58 bits per heavy atom. The van der Waals surface area contributed by atoms with Crippen molar-refractivity contribution in [3.05, 3.63) is 29.8 Å². The number of para-hydroxylation sites is 1. The monoisotopic (exact) mass is 261 g/mol. The van der Waals surface area contributed by atoms with E-state index in [4.69, 9.17) is 5.84 Å². The van der Waals surface area contributed by atoms with Crippen LogP contribution in [0.5, 0.6) is 0 Å². The Kier molecular flexibility index (Phi) is 4.52. The predicted molar refractivity (Wildman–Crippen MR) is 73.3 cm³/mol. The van der Waals surface area contributed by atoms with Crippen molar-refractivity contribution in [3.63, 3.8) is 0 Å². The molecule has 0 bridgehead atoms. The number of anilines is 1. The number of nitrogens with two attached hydrogens (primary N) is 1. The number of hydrogen-bond acceptors (Lipinski definition) is 3. The van der Waals surface area contributed by atoms with E-state index in [1.54, 1.807) is 24.3 Å². The van der Waals surface area contributed by atoms with E-state index in [9.17, 15) is 9.59 Å². The highest BCUT2D eigenvalue weighted by Crippen LogP contribution is 2.28. The molecule has 4 N–H and O–H groups in total. The number of rotatable bonds is 4. The van der Waals surface area contributed by atoms with Crippen molar-refractivity contribution >= 4 is 17.5 Å². The van der Waals surface area contributed by atoms with Crippen LogP contribution in [0, 0.1) is 5.92 Å². The summed E-state index contributed by atoms with van der Waals surface area (Å²) in [6.07, 6.45) is 5.20. The first-order valence-electron chi connectivity index (χ1n) is 6.60. The molecule has 0 aromatic heterocycles. The molecule has 1 aliphatic carbocycles. The molecular formula is C14H19N3O2. The SMILES string of the molecule is NNC(=O)c1ccccc1NC(=O)CC1CCCC1. The van der Waals surface area contributed by atoms with Crippen LogP contribution in [0.25, 0.3) is 0 Å². The van der Waals surface area contributed by atoms with E-state index in [1.165, 1.54) is 12.8 Å². The number of nitrogen functional groups attached to an aromatic ring is 1. The van der Waals surface area contributed by atoms with E-state index < -0.39 is 5.91 Å². The Hall–Kier alpha value is -1.88. The molecule has 0 spiro atoms. The van der Waals surface area contributed by atoms with Gasteiger partial charge in [0.1, 0.15) is 0 Å². The number of amides is 2. The molecule has 19 heavy (non-hydrogen) atoms. The quantitative estimate of drug-likeness (QED) is 0.439. The lowest BCUT2D eigenvalue weighted by Gasteiger charge is -2.12. The first-order chi connectivity index (χ1) is 9.20. The summed E-state index contributed by atoms with van der Waals surface area (Å²) in [7, 11) is 0. The van der Waals surface area contributed by atoms with Crippen molar-refractivity contribution < 1.29 is 9.59 Å². The largest absolute Gasteiger partial charge is 0.325 e. The van der Waals surface area contributed by atoms with Gasteiger partial charge in [-0.25, -0.2) is 5.84 Å². The molecular weight excluding hydrogens is 242 g/mol. The minimum atomic E-state index is -0.406. The van der Waals surface area contributed by atoms with Crippen LogP contribution < -0.4 is 16.6 Å². The van der Waals surface area contributed by atoms with Gasteiger partial charge in [0.25, 0.3) is 5.91 Å². The van der Waals surface area contributed by atoms with E-state index in [-0.39, 0.29) is 5.91 Å². The number of nitrogens with one attached hydrogen (secondary N) is 2. The molecule has 0 aliphatic heterocycles. The number of hydrazine groups is 1. The van der Waals surface area contributed by atoms with Crippen molar-refractivity contribution in [2.75, 3.05) is 5.32 Å². The fourth-order valence-corrected chi connectivity index (χ4v) is 2.55. The molecule has 1 saturated carbocycles. The van der Waals surface area contributed by atoms with E-state index in [1.807, 2.05) is 0 Å². The highest BCUT2D eigenvalue weighted by molar-refractivity contribution is 6.03. The molecule has 5 heteroatoms. The molecule has 2 amide bonds. The van der Waals surface area contributed by atoms with Gasteiger partial charge in [0.05, 0.1) is 11.3 Å². The van der Waals surface area contributed by atoms with Crippen LogP contribution in [0.4, 0.5) is 5.69 Å². The molecule has 102 valence electrons. The second-order valence-electron chi connectivity index (χ2n) is 4.92. The standard InChI is InChI=1S/C14H19N3O2/c15-17-14(19)11-7-3-4-8-12(11)16-13(18)9-10-5-1-2-6-10/h3-4,7-8,10H,1-2,5-6,9,15H2,(H,16,18)(H,17,19). The minimum Gasteiger partial charge on any atom is -0.325 e. The Balaban J connectivity index is 2.01. The van der Waals surface area contributed by atoms with E-state index in [2.05, 4.69) is 10.7 Å². The second-order valence-corrected chi connectivity index (χ2v) is 4.92. The maximum atomic E-state index is 12.0. The van der Waals surface area contributed by atoms with Gasteiger partial charge in [0.15, 0.2) is 0 Å². The van der Waals surface area contributed by atoms with Gasteiger partial charge in [-0.3, -0.25) is 15.0 Å². The Morgan fingerprint density at radius 2 is 1.89 bits per heavy atom. The molecule has 1 aromatic carbocycles. The Labute approximate surface area is 112 Å². The average Bonchev–Trinajstić information content (AvgIpc) is 2.91. The maximum absolute atomic E-state index is 12.0. The summed E-state index contributed by atoms with van der Waals surface area (Å²) in [5, 5.41) is 2.80. The zero-order valence-corrected chi connectivity index (χ0v) is 10.8. The third kappa shape index (κ3) is 3.54. The van der Waals surface area contributed by atoms with Gasteiger partial charge in [-0.2, -0.15) is 0 Å². The summed E-state index contributed by atoms with van der Waals surface area (Å²) in [5.41, 5.74) is 2.97. The van der Waals surface area contributed by atoms with Crippen LogP contribution in [-0.2, 0) is 4.79 Å². The highest BCUT2D eigenvalue weighted by atomic mass is 16.2. The lowest BCUT2D eigenvalue weighted by molar-refractivity contribution is -0.117. The van der Waals surface area contributed by atoms with Crippen LogP contribution in [0.1, 0.15) is 42.5 Å². The summed E-state index contributed by atoms with van der Waals surface area (Å²) in [6, 6.07) is 6.85. The van der Waals surface area contributed by atoms with Crippen LogP contribution in [-0.4, -0.2) is 11.8 Å². The van der Waals surface area contributed by atoms with Gasteiger partial charge in [-0.15, -0.1) is 0 Å². The van der Waals surface area contributed by atoms with Crippen LogP contribution >= 0.6 is 0 Å². The zero-order valence-electron chi connectivity index (χ0n) is 10.8. The van der Waals surface area contributed by atoms with Gasteiger partial charge in [-0.1, -0.05) is 25.0 Å². The molecule has 0 radical (unpaired) electrons. The molecule has 1 aromatic rings. The maximum Gasteiger partial charge on any atom is 0.267 e. The van der Waals surface area contributed by atoms with Crippen LogP contribution in [0.3, 0.4) is 0 Å². The van der Waals surface area contributed by atoms with Gasteiger partial charge in [0, 0.05) is 6.42 Å². The number of hydrogen-bond donors (Lipinski definition) is 3. The lowest BCUT2D eigenvalue weighted by Crippen LogP contribution is -2.31. The molecule has 2 rings (SSSR count). The van der Waals surface area contributed by atoms with Gasteiger partial charge in [0.2, 0.25) is 5.91 Å². The fraction of sp³-hybridized carbons (Fsp3) is 0.429. The van der Waals surface area contributed by atoms with Crippen molar-refractivity contribution in [3.8, 4) is 0 Å². The van der Waals surface area contributed by atoms with Crippen molar-refractivity contribution in [2.24, 2.45) is 11.8 Å². The summed E-state index contributed by atoms with van der Waals surface area (Å²) >= 11 is 0. The number of carbonyl (C=O) groups excluding carboxylic acids is 2. The summed E-state index contributed by atoms with van der Waals surface area (Å²) in [5.74, 6) is 5.16. The Morgan fingerprint density at radius 1 is 1.21 bits per heavy atom. The number of benzene rings is 1. The molecule has 0 atom stereocenters. The van der Waals surface area contributed by atoms with E-state index in [0.29, 0.717) is 23.6 Å². The summed E-state index contributed by atoms with van der Waals surface area (Å²) in [4.78, 5) is 23.5. The second kappa shape index (κ2) is 6.33. The average molecular weight is 261 g/mol. The predicted octanol–water partition coefficient (Wildman–Crippen LogP) is 1.81. The van der Waals surface area contributed by atoms with Crippen molar-refractivity contribution in [2.45, 2.75) is 32.1 Å². The first kappa shape index (κ1) is 13.5. The molecule has 1 fully saturated rings. The van der Waals surface area contributed by atoms with Crippen LogP contribution in [0.2, 0.25) is 0 Å².